The van der Waals surface area contributed by atoms with Gasteiger partial charge in [0.1, 0.15) is 0 Å². The number of carboxylic acid groups (broad SMARTS) is 2. The Hall–Kier alpha value is -2.13. The molecule has 0 saturated heterocycles. The minimum Gasteiger partial charge on any atom is -0.550 e. The van der Waals surface area contributed by atoms with E-state index in [9.17, 15) is 19.8 Å². The molecular formula is C18H18NiO4. The molecule has 0 atom stereocenters. The summed E-state index contributed by atoms with van der Waals surface area (Å²) < 4.78 is 0. The first kappa shape index (κ1) is 20.9. The van der Waals surface area contributed by atoms with Crippen molar-refractivity contribution in [3.05, 3.63) is 71.8 Å². The molecule has 0 aliphatic heterocycles. The maximum atomic E-state index is 10.1. The Morgan fingerprint density at radius 2 is 0.957 bits per heavy atom. The predicted molar refractivity (Wildman–Crippen MR) is 79.5 cm³/mol. The van der Waals surface area contributed by atoms with Gasteiger partial charge in [0.2, 0.25) is 0 Å². The molecule has 5 heteroatoms. The molecule has 0 amide bonds. The van der Waals surface area contributed by atoms with E-state index < -0.39 is 11.9 Å². The summed E-state index contributed by atoms with van der Waals surface area (Å²) in [6.45, 7) is 0. The molecule has 0 aliphatic rings. The summed E-state index contributed by atoms with van der Waals surface area (Å²) in [5.74, 6) is -1.98. The van der Waals surface area contributed by atoms with E-state index >= 15 is 0 Å². The van der Waals surface area contributed by atoms with Gasteiger partial charge in [-0.3, -0.25) is 0 Å². The molecule has 0 unspecified atom stereocenters. The summed E-state index contributed by atoms with van der Waals surface area (Å²) in [5.41, 5.74) is 2.08. The summed E-state index contributed by atoms with van der Waals surface area (Å²) in [7, 11) is 0. The van der Waals surface area contributed by atoms with Crippen LogP contribution in [0.3, 0.4) is 0 Å². The molecule has 0 bridgehead atoms. The Labute approximate surface area is 146 Å². The number of carboxylic acids is 2. The van der Waals surface area contributed by atoms with Crippen LogP contribution in [-0.2, 0) is 38.9 Å². The average molecular weight is 357 g/mol. The van der Waals surface area contributed by atoms with Gasteiger partial charge in [0, 0.05) is 11.9 Å². The van der Waals surface area contributed by atoms with Crippen molar-refractivity contribution in [1.29, 1.82) is 0 Å². The molecule has 124 valence electrons. The topological polar surface area (TPSA) is 80.3 Å². The summed E-state index contributed by atoms with van der Waals surface area (Å²) in [4.78, 5) is 20.1. The molecule has 0 spiro atoms. The van der Waals surface area contributed by atoms with Gasteiger partial charge in [-0.1, -0.05) is 60.7 Å². The first-order chi connectivity index (χ1) is 10.6. The van der Waals surface area contributed by atoms with Gasteiger partial charge >= 0.3 is 16.5 Å². The molecule has 0 aromatic heterocycles. The van der Waals surface area contributed by atoms with Crippen LogP contribution in [0.5, 0.6) is 0 Å². The molecule has 2 aromatic rings. The fraction of sp³-hybridized carbons (Fsp3) is 0.222. The summed E-state index contributed by atoms with van der Waals surface area (Å²) in [6.07, 6.45) is 1.32. The molecule has 2 aromatic carbocycles. The van der Waals surface area contributed by atoms with E-state index in [-0.39, 0.29) is 29.3 Å². The van der Waals surface area contributed by atoms with Crippen molar-refractivity contribution in [2.75, 3.05) is 0 Å². The Balaban J connectivity index is 0.000000403. The van der Waals surface area contributed by atoms with Gasteiger partial charge in [-0.2, -0.15) is 0 Å². The molecule has 0 saturated carbocycles. The van der Waals surface area contributed by atoms with E-state index in [1.54, 1.807) is 0 Å². The number of aliphatic carboxylic acids is 2. The third kappa shape index (κ3) is 11.1. The van der Waals surface area contributed by atoms with E-state index in [1.165, 1.54) is 0 Å². The SMILES string of the molecule is O=C([O-])CCc1ccccc1.O=C([O-])CCc1ccccc1.[Ni+2]. The fourth-order valence-electron chi connectivity index (χ4n) is 1.78. The van der Waals surface area contributed by atoms with Crippen molar-refractivity contribution < 1.29 is 36.3 Å². The van der Waals surface area contributed by atoms with Gasteiger partial charge in [-0.05, 0) is 36.8 Å². The monoisotopic (exact) mass is 356 g/mol. The number of rotatable bonds is 6. The summed E-state index contributed by atoms with van der Waals surface area (Å²) in [6, 6.07) is 19.0. The van der Waals surface area contributed by atoms with Gasteiger partial charge in [-0.25, -0.2) is 0 Å². The Bertz CT molecular complexity index is 517. The van der Waals surface area contributed by atoms with Crippen molar-refractivity contribution >= 4 is 11.9 Å². The quantitative estimate of drug-likeness (QED) is 0.715. The second kappa shape index (κ2) is 12.4. The van der Waals surface area contributed by atoms with Gasteiger partial charge in [0.15, 0.2) is 0 Å². The van der Waals surface area contributed by atoms with Gasteiger partial charge in [0.05, 0.1) is 0 Å². The molecule has 23 heavy (non-hydrogen) atoms. The zero-order valence-electron chi connectivity index (χ0n) is 12.6. The zero-order chi connectivity index (χ0) is 16.2. The molecule has 0 aliphatic carbocycles. The third-order valence-corrected chi connectivity index (χ3v) is 2.92. The number of hydrogen-bond acceptors (Lipinski definition) is 4. The van der Waals surface area contributed by atoms with Crippen molar-refractivity contribution in [3.63, 3.8) is 0 Å². The van der Waals surface area contributed by atoms with Crippen LogP contribution in [0.1, 0.15) is 24.0 Å². The maximum Gasteiger partial charge on any atom is 2.00 e. The summed E-state index contributed by atoms with van der Waals surface area (Å²) in [5, 5.41) is 20.1. The van der Waals surface area contributed by atoms with Crippen LogP contribution < -0.4 is 10.2 Å². The van der Waals surface area contributed by atoms with Gasteiger partial charge in [-0.15, -0.1) is 0 Å². The van der Waals surface area contributed by atoms with Gasteiger partial charge in [0.25, 0.3) is 0 Å². The third-order valence-electron chi connectivity index (χ3n) is 2.92. The van der Waals surface area contributed by atoms with E-state index in [2.05, 4.69) is 0 Å². The standard InChI is InChI=1S/2C9H10O2.Ni/c2*10-9(11)7-6-8-4-2-1-3-5-8;/h2*1-5H,6-7H2,(H,10,11);/q;;+2/p-2. The molecule has 0 radical (unpaired) electrons. The average Bonchev–Trinajstić information content (AvgIpc) is 2.53. The largest absolute Gasteiger partial charge is 2.00 e. The number of hydrogen-bond donors (Lipinski definition) is 0. The fourth-order valence-corrected chi connectivity index (χ4v) is 1.78. The molecule has 4 nitrogen and oxygen atoms in total. The second-order valence-electron chi connectivity index (χ2n) is 4.72. The van der Waals surface area contributed by atoms with Crippen molar-refractivity contribution in [2.24, 2.45) is 0 Å². The maximum absolute atomic E-state index is 10.1. The Morgan fingerprint density at radius 3 is 1.22 bits per heavy atom. The minimum absolute atomic E-state index is 0. The van der Waals surface area contributed by atoms with E-state index in [0.717, 1.165) is 11.1 Å². The normalized spacial score (nSPS) is 9.04. The van der Waals surface area contributed by atoms with Crippen LogP contribution in [0.25, 0.3) is 0 Å². The van der Waals surface area contributed by atoms with Crippen LogP contribution >= 0.6 is 0 Å². The summed E-state index contributed by atoms with van der Waals surface area (Å²) >= 11 is 0. The second-order valence-corrected chi connectivity index (χ2v) is 4.72. The van der Waals surface area contributed by atoms with E-state index in [1.807, 2.05) is 60.7 Å². The van der Waals surface area contributed by atoms with E-state index in [0.29, 0.717) is 12.8 Å². The number of carbonyl (C=O) groups is 2. The van der Waals surface area contributed by atoms with E-state index in [4.69, 9.17) is 0 Å². The molecule has 0 fully saturated rings. The molecule has 0 heterocycles. The van der Waals surface area contributed by atoms with Crippen molar-refractivity contribution in [2.45, 2.75) is 25.7 Å². The molecule has 0 N–H and O–H groups in total. The number of aryl methyl sites for hydroxylation is 2. The van der Waals surface area contributed by atoms with Crippen molar-refractivity contribution in [1.82, 2.24) is 0 Å². The molecular weight excluding hydrogens is 339 g/mol. The van der Waals surface area contributed by atoms with Gasteiger partial charge < -0.3 is 19.8 Å². The van der Waals surface area contributed by atoms with Crippen LogP contribution in [-0.4, -0.2) is 11.9 Å². The first-order valence-electron chi connectivity index (χ1n) is 7.05. The Morgan fingerprint density at radius 1 is 0.652 bits per heavy atom. The number of carbonyl (C=O) groups excluding carboxylic acids is 2. The molecule has 2 rings (SSSR count). The van der Waals surface area contributed by atoms with Crippen LogP contribution in [0.4, 0.5) is 0 Å². The number of benzene rings is 2. The van der Waals surface area contributed by atoms with Crippen molar-refractivity contribution in [3.8, 4) is 0 Å². The Kier molecular flexibility index (Phi) is 11.3. The zero-order valence-corrected chi connectivity index (χ0v) is 13.5. The predicted octanol–water partition coefficient (Wildman–Crippen LogP) is 0.736. The minimum atomic E-state index is -0.992. The first-order valence-corrected chi connectivity index (χ1v) is 7.05. The smallest absolute Gasteiger partial charge is 0.550 e. The van der Waals surface area contributed by atoms with Crippen LogP contribution in [0, 0.1) is 0 Å². The van der Waals surface area contributed by atoms with Crippen LogP contribution in [0.15, 0.2) is 60.7 Å². The van der Waals surface area contributed by atoms with Crippen LogP contribution in [0.2, 0.25) is 0 Å².